The lowest BCUT2D eigenvalue weighted by molar-refractivity contribution is 0.609. The predicted molar refractivity (Wildman–Crippen MR) is 84.4 cm³/mol. The Bertz CT molecular complexity index is 559. The summed E-state index contributed by atoms with van der Waals surface area (Å²) in [5.41, 5.74) is 3.97. The summed E-state index contributed by atoms with van der Waals surface area (Å²) in [6.45, 7) is 0. The van der Waals surface area contributed by atoms with Gasteiger partial charge in [0.2, 0.25) is 0 Å². The second kappa shape index (κ2) is 5.25. The van der Waals surface area contributed by atoms with E-state index in [0.717, 1.165) is 0 Å². The maximum absolute atomic E-state index is 3.70. The smallest absolute Gasteiger partial charge is 0.0524 e. The van der Waals surface area contributed by atoms with Gasteiger partial charge in [-0.3, -0.25) is 0 Å². The second-order valence-corrected chi connectivity index (χ2v) is 6.33. The van der Waals surface area contributed by atoms with Gasteiger partial charge in [-0.2, -0.15) is 0 Å². The van der Waals surface area contributed by atoms with Gasteiger partial charge >= 0.3 is 0 Å². The fourth-order valence-corrected chi connectivity index (χ4v) is 3.70. The van der Waals surface area contributed by atoms with Crippen molar-refractivity contribution in [1.82, 2.24) is 0 Å². The van der Waals surface area contributed by atoms with Crippen LogP contribution in [0.5, 0.6) is 0 Å². The molecule has 1 N–H and O–H groups in total. The lowest BCUT2D eigenvalue weighted by atomic mass is 9.94. The Morgan fingerprint density at radius 1 is 1.26 bits per heavy atom. The SMILES string of the molecule is CN(C)c1cccc(NC2CCCc3sccc32)c1. The van der Waals surface area contributed by atoms with E-state index in [1.54, 1.807) is 4.88 Å². The minimum atomic E-state index is 0.479. The van der Waals surface area contributed by atoms with Gasteiger partial charge in [0.15, 0.2) is 0 Å². The molecule has 3 rings (SSSR count). The highest BCUT2D eigenvalue weighted by Gasteiger charge is 2.20. The van der Waals surface area contributed by atoms with Crippen LogP contribution < -0.4 is 10.2 Å². The van der Waals surface area contributed by atoms with Crippen LogP contribution in [-0.4, -0.2) is 14.1 Å². The van der Waals surface area contributed by atoms with Gasteiger partial charge in [-0.25, -0.2) is 0 Å². The van der Waals surface area contributed by atoms with Crippen LogP contribution in [0.1, 0.15) is 29.3 Å². The molecule has 3 heteroatoms. The van der Waals surface area contributed by atoms with Gasteiger partial charge < -0.3 is 10.2 Å². The molecule has 0 radical (unpaired) electrons. The van der Waals surface area contributed by atoms with Crippen LogP contribution in [0.2, 0.25) is 0 Å². The van der Waals surface area contributed by atoms with E-state index in [0.29, 0.717) is 6.04 Å². The van der Waals surface area contributed by atoms with E-state index in [2.05, 4.69) is 60.0 Å². The van der Waals surface area contributed by atoms with E-state index in [-0.39, 0.29) is 0 Å². The Kier molecular flexibility index (Phi) is 3.47. The highest BCUT2D eigenvalue weighted by Crippen LogP contribution is 2.35. The van der Waals surface area contributed by atoms with E-state index in [1.807, 2.05) is 11.3 Å². The number of thiophene rings is 1. The van der Waals surface area contributed by atoms with Crippen molar-refractivity contribution >= 4 is 22.7 Å². The highest BCUT2D eigenvalue weighted by atomic mass is 32.1. The van der Waals surface area contributed by atoms with Crippen molar-refractivity contribution in [1.29, 1.82) is 0 Å². The lowest BCUT2D eigenvalue weighted by Gasteiger charge is -2.25. The summed E-state index contributed by atoms with van der Waals surface area (Å²) in [6, 6.07) is 11.4. The van der Waals surface area contributed by atoms with Gasteiger partial charge in [-0.05, 0) is 54.5 Å². The van der Waals surface area contributed by atoms with Gasteiger partial charge in [0.05, 0.1) is 6.04 Å². The Morgan fingerprint density at radius 3 is 3.00 bits per heavy atom. The molecule has 1 aliphatic rings. The van der Waals surface area contributed by atoms with Gasteiger partial charge in [0, 0.05) is 30.3 Å². The summed E-state index contributed by atoms with van der Waals surface area (Å²) in [5.74, 6) is 0. The first-order valence-corrected chi connectivity index (χ1v) is 7.72. The van der Waals surface area contributed by atoms with Gasteiger partial charge in [-0.15, -0.1) is 11.3 Å². The molecule has 1 aromatic carbocycles. The average Bonchev–Trinajstić information content (AvgIpc) is 2.88. The standard InChI is InChI=1S/C16H20N2S/c1-18(2)13-6-3-5-12(11-13)17-15-7-4-8-16-14(15)9-10-19-16/h3,5-6,9-11,15,17H,4,7-8H2,1-2H3. The van der Waals surface area contributed by atoms with Gasteiger partial charge in [0.1, 0.15) is 0 Å². The van der Waals surface area contributed by atoms with Crippen molar-refractivity contribution in [2.75, 3.05) is 24.3 Å². The van der Waals surface area contributed by atoms with Crippen LogP contribution >= 0.6 is 11.3 Å². The van der Waals surface area contributed by atoms with Crippen molar-refractivity contribution in [2.45, 2.75) is 25.3 Å². The third-order valence-corrected chi connectivity index (χ3v) is 4.75. The summed E-state index contributed by atoms with van der Waals surface area (Å²) in [5, 5.41) is 5.92. The van der Waals surface area contributed by atoms with Crippen molar-refractivity contribution in [2.24, 2.45) is 0 Å². The van der Waals surface area contributed by atoms with Crippen molar-refractivity contribution < 1.29 is 0 Å². The first kappa shape index (κ1) is 12.5. The van der Waals surface area contributed by atoms with Crippen molar-refractivity contribution in [3.8, 4) is 0 Å². The summed E-state index contributed by atoms with van der Waals surface area (Å²) in [7, 11) is 4.16. The Hall–Kier alpha value is -1.48. The quantitative estimate of drug-likeness (QED) is 0.896. The molecular formula is C16H20N2S. The molecular weight excluding hydrogens is 252 g/mol. The molecule has 0 saturated heterocycles. The lowest BCUT2D eigenvalue weighted by Crippen LogP contribution is -2.16. The minimum Gasteiger partial charge on any atom is -0.378 e. The van der Waals surface area contributed by atoms with Crippen molar-refractivity contribution in [3.63, 3.8) is 0 Å². The average molecular weight is 272 g/mol. The molecule has 0 spiro atoms. The van der Waals surface area contributed by atoms with Crippen LogP contribution in [0, 0.1) is 0 Å². The zero-order valence-corrected chi connectivity index (χ0v) is 12.3. The molecule has 0 aliphatic heterocycles. The Labute approximate surface area is 119 Å². The number of anilines is 2. The number of fused-ring (bicyclic) bond motifs is 1. The molecule has 1 unspecified atom stereocenters. The molecule has 0 saturated carbocycles. The number of nitrogens with one attached hydrogen (secondary N) is 1. The molecule has 1 aliphatic carbocycles. The molecule has 2 aromatic rings. The number of nitrogens with zero attached hydrogens (tertiary/aromatic N) is 1. The Balaban J connectivity index is 1.81. The van der Waals surface area contributed by atoms with Crippen LogP contribution in [-0.2, 0) is 6.42 Å². The molecule has 0 amide bonds. The minimum absolute atomic E-state index is 0.479. The van der Waals surface area contributed by atoms with E-state index in [9.17, 15) is 0 Å². The molecule has 19 heavy (non-hydrogen) atoms. The molecule has 1 atom stereocenters. The number of aryl methyl sites for hydroxylation is 1. The van der Waals surface area contributed by atoms with E-state index >= 15 is 0 Å². The number of hydrogen-bond acceptors (Lipinski definition) is 3. The third-order valence-electron chi connectivity index (χ3n) is 3.76. The normalized spacial score (nSPS) is 17.9. The third kappa shape index (κ3) is 2.61. The van der Waals surface area contributed by atoms with E-state index < -0.39 is 0 Å². The molecule has 1 aromatic heterocycles. The van der Waals surface area contributed by atoms with Crippen LogP contribution in [0.3, 0.4) is 0 Å². The summed E-state index contributed by atoms with van der Waals surface area (Å²) in [4.78, 5) is 3.70. The number of benzene rings is 1. The zero-order valence-electron chi connectivity index (χ0n) is 11.5. The first-order valence-electron chi connectivity index (χ1n) is 6.84. The number of hydrogen-bond donors (Lipinski definition) is 1. The second-order valence-electron chi connectivity index (χ2n) is 5.33. The summed E-state index contributed by atoms with van der Waals surface area (Å²) in [6.07, 6.45) is 3.78. The number of rotatable bonds is 3. The van der Waals surface area contributed by atoms with E-state index in [1.165, 1.54) is 36.2 Å². The van der Waals surface area contributed by atoms with Crippen LogP contribution in [0.25, 0.3) is 0 Å². The maximum Gasteiger partial charge on any atom is 0.0524 e. The highest BCUT2D eigenvalue weighted by molar-refractivity contribution is 7.10. The largest absolute Gasteiger partial charge is 0.378 e. The van der Waals surface area contributed by atoms with E-state index in [4.69, 9.17) is 0 Å². The Morgan fingerprint density at radius 2 is 2.16 bits per heavy atom. The topological polar surface area (TPSA) is 15.3 Å². The van der Waals surface area contributed by atoms with Gasteiger partial charge in [-0.1, -0.05) is 6.07 Å². The summed E-state index contributed by atoms with van der Waals surface area (Å²) < 4.78 is 0. The van der Waals surface area contributed by atoms with Crippen LogP contribution in [0.15, 0.2) is 35.7 Å². The predicted octanol–water partition coefficient (Wildman–Crippen LogP) is 4.30. The summed E-state index contributed by atoms with van der Waals surface area (Å²) >= 11 is 1.90. The molecule has 0 bridgehead atoms. The van der Waals surface area contributed by atoms with Crippen molar-refractivity contribution in [3.05, 3.63) is 46.2 Å². The molecule has 0 fully saturated rings. The molecule has 2 nitrogen and oxygen atoms in total. The van der Waals surface area contributed by atoms with Gasteiger partial charge in [0.25, 0.3) is 0 Å². The zero-order chi connectivity index (χ0) is 13.2. The van der Waals surface area contributed by atoms with Crippen LogP contribution in [0.4, 0.5) is 11.4 Å². The molecule has 100 valence electrons. The maximum atomic E-state index is 3.70. The fourth-order valence-electron chi connectivity index (χ4n) is 2.71. The first-order chi connectivity index (χ1) is 9.24. The monoisotopic (exact) mass is 272 g/mol. The molecule has 1 heterocycles. The fraction of sp³-hybridized carbons (Fsp3) is 0.375.